The lowest BCUT2D eigenvalue weighted by Crippen LogP contribution is -2.44. The predicted octanol–water partition coefficient (Wildman–Crippen LogP) is 1.43. The van der Waals surface area contributed by atoms with Gasteiger partial charge in [0, 0.05) is 37.8 Å². The van der Waals surface area contributed by atoms with E-state index in [1.807, 2.05) is 14.0 Å². The molecule has 2 unspecified atom stereocenters. The molecule has 1 saturated heterocycles. The largest absolute Gasteiger partial charge is 0.374 e. The Morgan fingerprint density at radius 1 is 1.59 bits per heavy atom. The van der Waals surface area contributed by atoms with E-state index >= 15 is 0 Å². The van der Waals surface area contributed by atoms with Gasteiger partial charge in [0.15, 0.2) is 5.82 Å². The normalized spacial score (nSPS) is 22.8. The average molecular weight is 256 g/mol. The minimum Gasteiger partial charge on any atom is -0.374 e. The standard InChI is InChI=1S/C11H20N4OS/c1-8(16-3)10-13-11(17-14-10)15-6-4-5-9(7-15)12-2/h8-9,12H,4-7H2,1-3H3. The Morgan fingerprint density at radius 2 is 2.41 bits per heavy atom. The minimum atomic E-state index is -0.0233. The second-order valence-corrected chi connectivity index (χ2v) is 5.12. The van der Waals surface area contributed by atoms with Gasteiger partial charge < -0.3 is 15.0 Å². The maximum absolute atomic E-state index is 5.23. The Labute approximate surface area is 106 Å². The number of piperidine rings is 1. The van der Waals surface area contributed by atoms with Crippen LogP contribution in [0, 0.1) is 0 Å². The van der Waals surface area contributed by atoms with E-state index < -0.39 is 0 Å². The fourth-order valence-corrected chi connectivity index (χ4v) is 2.79. The van der Waals surface area contributed by atoms with Gasteiger partial charge in [0.25, 0.3) is 0 Å². The van der Waals surface area contributed by atoms with Gasteiger partial charge in [-0.15, -0.1) is 0 Å². The van der Waals surface area contributed by atoms with Gasteiger partial charge in [-0.1, -0.05) is 0 Å². The first-order chi connectivity index (χ1) is 8.24. The molecule has 0 saturated carbocycles. The van der Waals surface area contributed by atoms with Crippen molar-refractivity contribution in [2.75, 3.05) is 32.1 Å². The Hall–Kier alpha value is -0.720. The van der Waals surface area contributed by atoms with Crippen LogP contribution < -0.4 is 10.2 Å². The third-order valence-corrected chi connectivity index (χ3v) is 4.04. The maximum Gasteiger partial charge on any atom is 0.205 e. The first-order valence-electron chi connectivity index (χ1n) is 6.03. The highest BCUT2D eigenvalue weighted by atomic mass is 32.1. The number of methoxy groups -OCH3 is 1. The van der Waals surface area contributed by atoms with Crippen LogP contribution >= 0.6 is 11.5 Å². The monoisotopic (exact) mass is 256 g/mol. The molecule has 1 aromatic heterocycles. The minimum absolute atomic E-state index is 0.0233. The summed E-state index contributed by atoms with van der Waals surface area (Å²) in [5, 5.41) is 4.35. The van der Waals surface area contributed by atoms with Crippen LogP contribution in [-0.4, -0.2) is 42.6 Å². The van der Waals surface area contributed by atoms with Crippen LogP contribution in [0.2, 0.25) is 0 Å². The maximum atomic E-state index is 5.23. The van der Waals surface area contributed by atoms with Gasteiger partial charge in [-0.05, 0) is 26.8 Å². The SMILES string of the molecule is CNC1CCCN(c2nc(C(C)OC)ns2)C1. The fourth-order valence-electron chi connectivity index (χ4n) is 2.01. The van der Waals surface area contributed by atoms with Crippen LogP contribution in [0.15, 0.2) is 0 Å². The number of nitrogens with one attached hydrogen (secondary N) is 1. The Balaban J connectivity index is 2.04. The molecule has 0 amide bonds. The van der Waals surface area contributed by atoms with Crippen molar-refractivity contribution < 1.29 is 4.74 Å². The van der Waals surface area contributed by atoms with Crippen LogP contribution in [0.1, 0.15) is 31.7 Å². The molecule has 0 bridgehead atoms. The van der Waals surface area contributed by atoms with Gasteiger partial charge in [0.1, 0.15) is 6.10 Å². The van der Waals surface area contributed by atoms with Crippen molar-refractivity contribution in [2.24, 2.45) is 0 Å². The van der Waals surface area contributed by atoms with E-state index in [1.165, 1.54) is 24.4 Å². The number of hydrogen-bond donors (Lipinski definition) is 1. The summed E-state index contributed by atoms with van der Waals surface area (Å²) in [5.74, 6) is 0.791. The van der Waals surface area contributed by atoms with Gasteiger partial charge in [-0.25, -0.2) is 4.98 Å². The lowest BCUT2D eigenvalue weighted by molar-refractivity contribution is 0.113. The van der Waals surface area contributed by atoms with Crippen molar-refractivity contribution >= 4 is 16.7 Å². The summed E-state index contributed by atoms with van der Waals surface area (Å²) in [6.45, 7) is 4.07. The lowest BCUT2D eigenvalue weighted by atomic mass is 10.1. The summed E-state index contributed by atoms with van der Waals surface area (Å²) < 4.78 is 9.59. The molecule has 0 aliphatic carbocycles. The highest BCUT2D eigenvalue weighted by Gasteiger charge is 2.22. The average Bonchev–Trinajstić information content (AvgIpc) is 2.87. The first kappa shape index (κ1) is 12.7. The topological polar surface area (TPSA) is 50.3 Å². The molecule has 0 aromatic carbocycles. The summed E-state index contributed by atoms with van der Waals surface area (Å²) in [4.78, 5) is 6.87. The number of likely N-dealkylation sites (N-methyl/N-ethyl adjacent to an activating group) is 1. The number of nitrogens with zero attached hydrogens (tertiary/aromatic N) is 3. The van der Waals surface area contributed by atoms with Gasteiger partial charge in [-0.3, -0.25) is 0 Å². The van der Waals surface area contributed by atoms with Crippen molar-refractivity contribution in [1.29, 1.82) is 0 Å². The molecule has 1 aromatic rings. The highest BCUT2D eigenvalue weighted by Crippen LogP contribution is 2.24. The zero-order valence-electron chi connectivity index (χ0n) is 10.6. The molecule has 0 radical (unpaired) electrons. The second kappa shape index (κ2) is 5.75. The molecule has 2 rings (SSSR count). The van der Waals surface area contributed by atoms with Crippen LogP contribution in [0.5, 0.6) is 0 Å². The molecule has 1 fully saturated rings. The van der Waals surface area contributed by atoms with E-state index in [-0.39, 0.29) is 6.10 Å². The number of anilines is 1. The quantitative estimate of drug-likeness (QED) is 0.883. The molecule has 1 N–H and O–H groups in total. The fraction of sp³-hybridized carbons (Fsp3) is 0.818. The van der Waals surface area contributed by atoms with Crippen molar-refractivity contribution in [3.63, 3.8) is 0 Å². The smallest absolute Gasteiger partial charge is 0.205 e. The highest BCUT2D eigenvalue weighted by molar-refractivity contribution is 7.09. The molecule has 6 heteroatoms. The predicted molar refractivity (Wildman–Crippen MR) is 69.6 cm³/mol. The number of hydrogen-bond acceptors (Lipinski definition) is 6. The summed E-state index contributed by atoms with van der Waals surface area (Å²) in [6, 6.07) is 0.566. The number of aromatic nitrogens is 2. The molecule has 1 aliphatic heterocycles. The zero-order valence-corrected chi connectivity index (χ0v) is 11.5. The molecule has 96 valence electrons. The van der Waals surface area contributed by atoms with E-state index in [9.17, 15) is 0 Å². The Morgan fingerprint density at radius 3 is 3.12 bits per heavy atom. The molecule has 5 nitrogen and oxygen atoms in total. The molecule has 1 aliphatic rings. The van der Waals surface area contributed by atoms with Crippen molar-refractivity contribution in [3.8, 4) is 0 Å². The van der Waals surface area contributed by atoms with Crippen LogP contribution in [0.3, 0.4) is 0 Å². The van der Waals surface area contributed by atoms with E-state index in [0.29, 0.717) is 6.04 Å². The number of rotatable bonds is 4. The Bertz CT molecular complexity index is 357. The zero-order chi connectivity index (χ0) is 12.3. The van der Waals surface area contributed by atoms with Crippen molar-refractivity contribution in [3.05, 3.63) is 5.82 Å². The molecule has 0 spiro atoms. The summed E-state index contributed by atoms with van der Waals surface area (Å²) >= 11 is 1.47. The van der Waals surface area contributed by atoms with Crippen LogP contribution in [0.25, 0.3) is 0 Å². The van der Waals surface area contributed by atoms with Crippen molar-refractivity contribution in [1.82, 2.24) is 14.7 Å². The van der Waals surface area contributed by atoms with Gasteiger partial charge in [0.05, 0.1) is 0 Å². The van der Waals surface area contributed by atoms with Crippen molar-refractivity contribution in [2.45, 2.75) is 31.9 Å². The lowest BCUT2D eigenvalue weighted by Gasteiger charge is -2.31. The third kappa shape index (κ3) is 2.94. The third-order valence-electron chi connectivity index (χ3n) is 3.25. The first-order valence-corrected chi connectivity index (χ1v) is 6.80. The molecule has 2 atom stereocenters. The molecular weight excluding hydrogens is 236 g/mol. The van der Waals surface area contributed by atoms with E-state index in [4.69, 9.17) is 4.74 Å². The summed E-state index contributed by atoms with van der Waals surface area (Å²) in [5.41, 5.74) is 0. The van der Waals surface area contributed by atoms with Crippen LogP contribution in [0.4, 0.5) is 5.13 Å². The van der Waals surface area contributed by atoms with Gasteiger partial charge in [0.2, 0.25) is 5.13 Å². The summed E-state index contributed by atoms with van der Waals surface area (Å²) in [6.07, 6.45) is 2.43. The van der Waals surface area contributed by atoms with E-state index in [1.54, 1.807) is 7.11 Å². The van der Waals surface area contributed by atoms with Gasteiger partial charge >= 0.3 is 0 Å². The summed E-state index contributed by atoms with van der Waals surface area (Å²) in [7, 11) is 3.70. The van der Waals surface area contributed by atoms with E-state index in [0.717, 1.165) is 24.0 Å². The number of ether oxygens (including phenoxy) is 1. The molecular formula is C11H20N4OS. The van der Waals surface area contributed by atoms with E-state index in [2.05, 4.69) is 19.6 Å². The van der Waals surface area contributed by atoms with Crippen LogP contribution in [-0.2, 0) is 4.74 Å². The Kier molecular flexibility index (Phi) is 4.31. The second-order valence-electron chi connectivity index (χ2n) is 4.39. The van der Waals surface area contributed by atoms with Gasteiger partial charge in [-0.2, -0.15) is 4.37 Å². The molecule has 2 heterocycles. The molecule has 17 heavy (non-hydrogen) atoms.